The Morgan fingerprint density at radius 2 is 2.06 bits per heavy atom. The molecule has 0 atom stereocenters. The van der Waals surface area contributed by atoms with E-state index in [9.17, 15) is 0 Å². The van der Waals surface area contributed by atoms with Crippen molar-refractivity contribution < 1.29 is 0 Å². The lowest BCUT2D eigenvalue weighted by molar-refractivity contribution is 1.08. The summed E-state index contributed by atoms with van der Waals surface area (Å²) in [4.78, 5) is 10.4. The van der Waals surface area contributed by atoms with Crippen molar-refractivity contribution in [3.8, 4) is 0 Å². The Bertz CT molecular complexity index is 527. The highest BCUT2D eigenvalue weighted by molar-refractivity contribution is 7.80. The number of aromatic nitrogens is 2. The van der Waals surface area contributed by atoms with Gasteiger partial charge in [0.2, 0.25) is 0 Å². The Morgan fingerprint density at radius 3 is 2.71 bits per heavy atom. The van der Waals surface area contributed by atoms with Crippen molar-refractivity contribution in [3.05, 3.63) is 48.4 Å². The second kappa shape index (κ2) is 4.88. The van der Waals surface area contributed by atoms with E-state index in [4.69, 9.17) is 18.0 Å². The number of hydrogen-bond acceptors (Lipinski definition) is 4. The van der Waals surface area contributed by atoms with Gasteiger partial charge in [0, 0.05) is 18.8 Å². The van der Waals surface area contributed by atoms with Crippen molar-refractivity contribution in [2.75, 3.05) is 11.9 Å². The van der Waals surface area contributed by atoms with Crippen LogP contribution in [0.4, 0.5) is 11.5 Å². The summed E-state index contributed by atoms with van der Waals surface area (Å²) in [6, 6.07) is 9.53. The van der Waals surface area contributed by atoms with Crippen molar-refractivity contribution in [3.63, 3.8) is 0 Å². The molecule has 2 aromatic rings. The molecule has 4 nitrogen and oxygen atoms in total. The third-order valence-electron chi connectivity index (χ3n) is 2.44. The zero-order valence-corrected chi connectivity index (χ0v) is 10.2. The number of benzene rings is 1. The molecule has 2 rings (SSSR count). The second-order valence-electron chi connectivity index (χ2n) is 3.51. The molecule has 0 radical (unpaired) electrons. The number of anilines is 2. The molecule has 0 bridgehead atoms. The summed E-state index contributed by atoms with van der Waals surface area (Å²) in [5.74, 6) is 0.795. The van der Waals surface area contributed by atoms with E-state index in [1.165, 1.54) is 6.33 Å². The standard InChI is InChI=1S/C12H12N4S/c1-16(11-6-7-14-8-15-11)10-5-3-2-4-9(10)12(13)17/h2-8H,1H3,(H2,13,17). The first-order chi connectivity index (χ1) is 8.20. The third kappa shape index (κ3) is 2.39. The molecular formula is C12H12N4S. The first-order valence-corrected chi connectivity index (χ1v) is 5.49. The smallest absolute Gasteiger partial charge is 0.136 e. The predicted octanol–water partition coefficient (Wildman–Crippen LogP) is 1.88. The fraction of sp³-hybridized carbons (Fsp3) is 0.0833. The molecule has 2 N–H and O–H groups in total. The predicted molar refractivity (Wildman–Crippen MR) is 72.4 cm³/mol. The minimum Gasteiger partial charge on any atom is -0.389 e. The minimum atomic E-state index is 0.376. The maximum atomic E-state index is 5.70. The van der Waals surface area contributed by atoms with Crippen LogP contribution in [-0.4, -0.2) is 22.0 Å². The van der Waals surface area contributed by atoms with Gasteiger partial charge in [-0.15, -0.1) is 0 Å². The van der Waals surface area contributed by atoms with Crippen LogP contribution in [-0.2, 0) is 0 Å². The van der Waals surface area contributed by atoms with Crippen molar-refractivity contribution in [2.45, 2.75) is 0 Å². The molecule has 0 aliphatic heterocycles. The van der Waals surface area contributed by atoms with Gasteiger partial charge in [-0.2, -0.15) is 0 Å². The van der Waals surface area contributed by atoms with Gasteiger partial charge in [-0.05, 0) is 18.2 Å². The monoisotopic (exact) mass is 244 g/mol. The number of para-hydroxylation sites is 1. The Morgan fingerprint density at radius 1 is 1.29 bits per heavy atom. The van der Waals surface area contributed by atoms with Crippen LogP contribution in [0, 0.1) is 0 Å². The van der Waals surface area contributed by atoms with E-state index >= 15 is 0 Å². The largest absolute Gasteiger partial charge is 0.389 e. The fourth-order valence-electron chi connectivity index (χ4n) is 1.58. The summed E-state index contributed by atoms with van der Waals surface area (Å²) < 4.78 is 0. The molecular weight excluding hydrogens is 232 g/mol. The second-order valence-corrected chi connectivity index (χ2v) is 3.95. The van der Waals surface area contributed by atoms with Crippen molar-refractivity contribution in [2.24, 2.45) is 5.73 Å². The Hall–Kier alpha value is -2.01. The van der Waals surface area contributed by atoms with Gasteiger partial charge in [-0.25, -0.2) is 9.97 Å². The van der Waals surface area contributed by atoms with Crippen LogP contribution in [0.3, 0.4) is 0 Å². The molecule has 0 aliphatic carbocycles. The normalized spacial score (nSPS) is 9.94. The number of rotatable bonds is 3. The average Bonchev–Trinajstić information content (AvgIpc) is 2.39. The molecule has 0 fully saturated rings. The van der Waals surface area contributed by atoms with Crippen molar-refractivity contribution in [1.82, 2.24) is 9.97 Å². The molecule has 86 valence electrons. The number of nitrogens with two attached hydrogens (primary N) is 1. The summed E-state index contributed by atoms with van der Waals surface area (Å²) >= 11 is 5.04. The molecule has 1 aromatic heterocycles. The maximum Gasteiger partial charge on any atom is 0.136 e. The van der Waals surface area contributed by atoms with Crippen LogP contribution in [0.25, 0.3) is 0 Å². The van der Waals surface area contributed by atoms with Gasteiger partial charge in [0.15, 0.2) is 0 Å². The number of nitrogens with zero attached hydrogens (tertiary/aromatic N) is 3. The number of hydrogen-bond donors (Lipinski definition) is 1. The van der Waals surface area contributed by atoms with E-state index in [0.717, 1.165) is 17.1 Å². The molecule has 5 heteroatoms. The van der Waals surface area contributed by atoms with Crippen LogP contribution in [0.15, 0.2) is 42.9 Å². The van der Waals surface area contributed by atoms with Gasteiger partial charge in [0.25, 0.3) is 0 Å². The lowest BCUT2D eigenvalue weighted by Crippen LogP contribution is -2.18. The lowest BCUT2D eigenvalue weighted by atomic mass is 10.1. The molecule has 0 amide bonds. The van der Waals surface area contributed by atoms with Gasteiger partial charge < -0.3 is 10.6 Å². The topological polar surface area (TPSA) is 55.0 Å². The van der Waals surface area contributed by atoms with Gasteiger partial charge >= 0.3 is 0 Å². The van der Waals surface area contributed by atoms with E-state index in [1.807, 2.05) is 42.3 Å². The Balaban J connectivity index is 2.44. The van der Waals surface area contributed by atoms with E-state index in [2.05, 4.69) is 9.97 Å². The van der Waals surface area contributed by atoms with E-state index < -0.39 is 0 Å². The highest BCUT2D eigenvalue weighted by atomic mass is 32.1. The summed E-state index contributed by atoms with van der Waals surface area (Å²) in [6.45, 7) is 0. The van der Waals surface area contributed by atoms with Gasteiger partial charge in [-0.1, -0.05) is 24.4 Å². The van der Waals surface area contributed by atoms with Crippen LogP contribution in [0.5, 0.6) is 0 Å². The molecule has 1 aromatic carbocycles. The summed E-state index contributed by atoms with van der Waals surface area (Å²) in [5, 5.41) is 0. The number of thiocarbonyl (C=S) groups is 1. The van der Waals surface area contributed by atoms with E-state index in [1.54, 1.807) is 6.20 Å². The van der Waals surface area contributed by atoms with Gasteiger partial charge in [-0.3, -0.25) is 0 Å². The van der Waals surface area contributed by atoms with Crippen LogP contribution in [0.1, 0.15) is 5.56 Å². The third-order valence-corrected chi connectivity index (χ3v) is 2.66. The quantitative estimate of drug-likeness (QED) is 0.835. The average molecular weight is 244 g/mol. The first-order valence-electron chi connectivity index (χ1n) is 5.08. The summed E-state index contributed by atoms with van der Waals surface area (Å²) in [6.07, 6.45) is 3.21. The first kappa shape index (κ1) is 11.5. The summed E-state index contributed by atoms with van der Waals surface area (Å²) in [5.41, 5.74) is 7.47. The van der Waals surface area contributed by atoms with Gasteiger partial charge in [0.05, 0.1) is 5.69 Å². The van der Waals surface area contributed by atoms with Crippen LogP contribution in [0.2, 0.25) is 0 Å². The molecule has 0 unspecified atom stereocenters. The minimum absolute atomic E-state index is 0.376. The van der Waals surface area contributed by atoms with E-state index in [0.29, 0.717) is 4.99 Å². The van der Waals surface area contributed by atoms with Crippen LogP contribution < -0.4 is 10.6 Å². The van der Waals surface area contributed by atoms with E-state index in [-0.39, 0.29) is 0 Å². The molecule has 1 heterocycles. The molecule has 0 aliphatic rings. The lowest BCUT2D eigenvalue weighted by Gasteiger charge is -2.20. The zero-order valence-electron chi connectivity index (χ0n) is 9.37. The van der Waals surface area contributed by atoms with Gasteiger partial charge in [0.1, 0.15) is 17.1 Å². The molecule has 0 spiro atoms. The van der Waals surface area contributed by atoms with Crippen LogP contribution >= 0.6 is 12.2 Å². The highest BCUT2D eigenvalue weighted by Gasteiger charge is 2.10. The maximum absolute atomic E-state index is 5.70. The Kier molecular flexibility index (Phi) is 3.30. The SMILES string of the molecule is CN(c1ccncn1)c1ccccc1C(N)=S. The van der Waals surface area contributed by atoms with Crippen molar-refractivity contribution in [1.29, 1.82) is 0 Å². The van der Waals surface area contributed by atoms with Crippen molar-refractivity contribution >= 4 is 28.7 Å². The zero-order chi connectivity index (χ0) is 12.3. The molecule has 0 saturated heterocycles. The fourth-order valence-corrected chi connectivity index (χ4v) is 1.75. The summed E-state index contributed by atoms with van der Waals surface area (Å²) in [7, 11) is 1.92. The Labute approximate surface area is 105 Å². The molecule has 0 saturated carbocycles. The highest BCUT2D eigenvalue weighted by Crippen LogP contribution is 2.24. The molecule has 17 heavy (non-hydrogen) atoms.